The summed E-state index contributed by atoms with van der Waals surface area (Å²) in [5.41, 5.74) is 2.84. The maximum atomic E-state index is 12.3. The van der Waals surface area contributed by atoms with Crippen LogP contribution < -0.4 is 5.32 Å². The predicted molar refractivity (Wildman–Crippen MR) is 116 cm³/mol. The SMILES string of the molecule is CCCCCN1CCC(c2csc3ccc(NC(=O)c4ccoc4)cc23)CC1. The van der Waals surface area contributed by atoms with E-state index in [4.69, 9.17) is 4.42 Å². The fourth-order valence-corrected chi connectivity index (χ4v) is 5.12. The highest BCUT2D eigenvalue weighted by Gasteiger charge is 2.22. The van der Waals surface area contributed by atoms with E-state index >= 15 is 0 Å². The molecule has 1 aromatic carbocycles. The molecule has 0 aliphatic carbocycles. The Morgan fingerprint density at radius 3 is 2.86 bits per heavy atom. The van der Waals surface area contributed by atoms with Gasteiger partial charge >= 0.3 is 0 Å². The van der Waals surface area contributed by atoms with Crippen LogP contribution in [0.25, 0.3) is 10.1 Å². The van der Waals surface area contributed by atoms with E-state index in [2.05, 4.69) is 34.7 Å². The molecule has 4 rings (SSSR count). The molecule has 1 aliphatic heterocycles. The van der Waals surface area contributed by atoms with E-state index in [0.29, 0.717) is 11.5 Å². The summed E-state index contributed by atoms with van der Waals surface area (Å²) in [6, 6.07) is 7.91. The molecule has 0 unspecified atom stereocenters. The Kier molecular flexibility index (Phi) is 6.13. The van der Waals surface area contributed by atoms with Crippen molar-refractivity contribution in [3.05, 3.63) is 53.3 Å². The number of unbranched alkanes of at least 4 members (excludes halogenated alkanes) is 2. The van der Waals surface area contributed by atoms with E-state index in [9.17, 15) is 4.79 Å². The smallest absolute Gasteiger partial charge is 0.258 e. The van der Waals surface area contributed by atoms with E-state index in [1.54, 1.807) is 6.07 Å². The number of nitrogens with one attached hydrogen (secondary N) is 1. The normalized spacial score (nSPS) is 15.9. The van der Waals surface area contributed by atoms with Gasteiger partial charge in [-0.15, -0.1) is 11.3 Å². The average Bonchev–Trinajstić information content (AvgIpc) is 3.39. The first-order chi connectivity index (χ1) is 13.7. The molecular weight excluding hydrogens is 368 g/mol. The standard InChI is InChI=1S/C23H28N2O2S/c1-2-3-4-10-25-11-7-17(8-12-25)21-16-28-22-6-5-19(14-20(21)22)24-23(26)18-9-13-27-15-18/h5-6,9,13-17H,2-4,7-8,10-12H2,1H3,(H,24,26). The molecule has 1 amide bonds. The van der Waals surface area contributed by atoms with Crippen molar-refractivity contribution in [2.45, 2.75) is 44.9 Å². The largest absolute Gasteiger partial charge is 0.472 e. The summed E-state index contributed by atoms with van der Waals surface area (Å²) in [5.74, 6) is 0.487. The number of hydrogen-bond donors (Lipinski definition) is 1. The van der Waals surface area contributed by atoms with Gasteiger partial charge in [0.1, 0.15) is 6.26 Å². The molecule has 4 nitrogen and oxygen atoms in total. The number of nitrogens with zero attached hydrogens (tertiary/aromatic N) is 1. The number of hydrogen-bond acceptors (Lipinski definition) is 4. The molecule has 5 heteroatoms. The minimum atomic E-state index is -0.134. The maximum absolute atomic E-state index is 12.3. The van der Waals surface area contributed by atoms with E-state index < -0.39 is 0 Å². The Morgan fingerprint density at radius 1 is 1.25 bits per heavy atom. The van der Waals surface area contributed by atoms with Crippen LogP contribution >= 0.6 is 11.3 Å². The predicted octanol–water partition coefficient (Wildman–Crippen LogP) is 6.12. The van der Waals surface area contributed by atoms with Crippen LogP contribution in [0.15, 0.2) is 46.6 Å². The molecule has 0 atom stereocenters. The number of anilines is 1. The number of carbonyl (C=O) groups excluding carboxylic acids is 1. The van der Waals surface area contributed by atoms with Gasteiger partial charge in [0.2, 0.25) is 0 Å². The summed E-state index contributed by atoms with van der Waals surface area (Å²) in [6.07, 6.45) is 9.39. The molecule has 28 heavy (non-hydrogen) atoms. The number of furan rings is 1. The molecule has 2 aromatic heterocycles. The maximum Gasteiger partial charge on any atom is 0.258 e. The van der Waals surface area contributed by atoms with Crippen LogP contribution in [0.5, 0.6) is 0 Å². The van der Waals surface area contributed by atoms with Crippen LogP contribution in [-0.2, 0) is 0 Å². The lowest BCUT2D eigenvalue weighted by Gasteiger charge is -2.32. The molecule has 0 saturated carbocycles. The van der Waals surface area contributed by atoms with Crippen LogP contribution in [0, 0.1) is 0 Å². The number of amides is 1. The van der Waals surface area contributed by atoms with E-state index in [1.807, 2.05) is 17.4 Å². The first-order valence-corrected chi connectivity index (χ1v) is 11.2. The van der Waals surface area contributed by atoms with Crippen molar-refractivity contribution in [2.75, 3.05) is 25.0 Å². The first-order valence-electron chi connectivity index (χ1n) is 10.3. The summed E-state index contributed by atoms with van der Waals surface area (Å²) in [4.78, 5) is 14.9. The molecule has 0 bridgehead atoms. The lowest BCUT2D eigenvalue weighted by Crippen LogP contribution is -2.33. The summed E-state index contributed by atoms with van der Waals surface area (Å²) in [6.45, 7) is 5.90. The minimum Gasteiger partial charge on any atom is -0.472 e. The van der Waals surface area contributed by atoms with Crippen molar-refractivity contribution in [3.8, 4) is 0 Å². The zero-order valence-electron chi connectivity index (χ0n) is 16.4. The van der Waals surface area contributed by atoms with Gasteiger partial charge in [-0.05, 0) is 85.4 Å². The van der Waals surface area contributed by atoms with Gasteiger partial charge in [-0.2, -0.15) is 0 Å². The fourth-order valence-electron chi connectivity index (χ4n) is 4.09. The lowest BCUT2D eigenvalue weighted by atomic mass is 9.89. The lowest BCUT2D eigenvalue weighted by molar-refractivity contribution is 0.102. The van der Waals surface area contributed by atoms with Crippen LogP contribution in [-0.4, -0.2) is 30.4 Å². The second kappa shape index (κ2) is 8.93. The average molecular weight is 397 g/mol. The van der Waals surface area contributed by atoms with Gasteiger partial charge in [-0.1, -0.05) is 19.8 Å². The Balaban J connectivity index is 1.44. The number of thiophene rings is 1. The van der Waals surface area contributed by atoms with Gasteiger partial charge in [0, 0.05) is 10.4 Å². The molecule has 3 aromatic rings. The van der Waals surface area contributed by atoms with Gasteiger partial charge in [0.05, 0.1) is 11.8 Å². The molecule has 148 valence electrons. The molecule has 1 fully saturated rings. The molecule has 0 radical (unpaired) electrons. The zero-order valence-corrected chi connectivity index (χ0v) is 17.3. The third-order valence-electron chi connectivity index (χ3n) is 5.75. The Bertz CT molecular complexity index is 908. The number of likely N-dealkylation sites (tertiary alicyclic amines) is 1. The Hall–Kier alpha value is -2.11. The highest BCUT2D eigenvalue weighted by molar-refractivity contribution is 7.17. The zero-order chi connectivity index (χ0) is 19.3. The summed E-state index contributed by atoms with van der Waals surface area (Å²) in [7, 11) is 0. The van der Waals surface area contributed by atoms with Gasteiger partial charge in [-0.3, -0.25) is 4.79 Å². The van der Waals surface area contributed by atoms with Crippen molar-refractivity contribution < 1.29 is 9.21 Å². The summed E-state index contributed by atoms with van der Waals surface area (Å²) >= 11 is 1.81. The van der Waals surface area contributed by atoms with Gasteiger partial charge < -0.3 is 14.6 Å². The third-order valence-corrected chi connectivity index (χ3v) is 6.73. The molecule has 1 saturated heterocycles. The monoisotopic (exact) mass is 396 g/mol. The summed E-state index contributed by atoms with van der Waals surface area (Å²) in [5, 5.41) is 6.60. The molecule has 1 N–H and O–H groups in total. The number of benzene rings is 1. The van der Waals surface area contributed by atoms with E-state index in [-0.39, 0.29) is 5.91 Å². The topological polar surface area (TPSA) is 45.5 Å². The van der Waals surface area contributed by atoms with Gasteiger partial charge in [-0.25, -0.2) is 0 Å². The van der Waals surface area contributed by atoms with Crippen molar-refractivity contribution in [2.24, 2.45) is 0 Å². The van der Waals surface area contributed by atoms with Crippen molar-refractivity contribution in [1.29, 1.82) is 0 Å². The summed E-state index contributed by atoms with van der Waals surface area (Å²) < 4.78 is 6.30. The number of piperidine rings is 1. The van der Waals surface area contributed by atoms with E-state index in [1.165, 1.54) is 79.9 Å². The number of fused-ring (bicyclic) bond motifs is 1. The molecular formula is C23H28N2O2S. The van der Waals surface area contributed by atoms with Crippen molar-refractivity contribution in [3.63, 3.8) is 0 Å². The van der Waals surface area contributed by atoms with Crippen LogP contribution in [0.1, 0.15) is 60.9 Å². The second-order valence-corrected chi connectivity index (χ2v) is 8.60. The highest BCUT2D eigenvalue weighted by Crippen LogP contribution is 2.38. The first kappa shape index (κ1) is 19.2. The number of rotatable bonds is 7. The van der Waals surface area contributed by atoms with Crippen molar-refractivity contribution in [1.82, 2.24) is 4.90 Å². The third kappa shape index (κ3) is 4.31. The second-order valence-electron chi connectivity index (χ2n) is 7.69. The highest BCUT2D eigenvalue weighted by atomic mass is 32.1. The molecule has 1 aliphatic rings. The Morgan fingerprint density at radius 2 is 2.11 bits per heavy atom. The minimum absolute atomic E-state index is 0.134. The fraction of sp³-hybridized carbons (Fsp3) is 0.435. The van der Waals surface area contributed by atoms with Crippen LogP contribution in [0.3, 0.4) is 0 Å². The van der Waals surface area contributed by atoms with Gasteiger partial charge in [0.25, 0.3) is 5.91 Å². The van der Waals surface area contributed by atoms with Gasteiger partial charge in [0.15, 0.2) is 0 Å². The van der Waals surface area contributed by atoms with Crippen molar-refractivity contribution >= 4 is 33.0 Å². The van der Waals surface area contributed by atoms with E-state index in [0.717, 1.165) is 5.69 Å². The number of carbonyl (C=O) groups is 1. The van der Waals surface area contributed by atoms with Crippen LogP contribution in [0.4, 0.5) is 5.69 Å². The Labute approximate surface area is 170 Å². The quantitative estimate of drug-likeness (QED) is 0.490. The molecule has 3 heterocycles. The van der Waals surface area contributed by atoms with Crippen LogP contribution in [0.2, 0.25) is 0 Å². The molecule has 0 spiro atoms.